The molecule has 132 valence electrons. The van der Waals surface area contributed by atoms with Crippen LogP contribution in [0.1, 0.15) is 23.8 Å². The Morgan fingerprint density at radius 3 is 2.83 bits per heavy atom. The van der Waals surface area contributed by atoms with Crippen LogP contribution in [0.25, 0.3) is 10.6 Å². The van der Waals surface area contributed by atoms with Gasteiger partial charge < -0.3 is 10.6 Å². The van der Waals surface area contributed by atoms with Gasteiger partial charge >= 0.3 is 0 Å². The Morgan fingerprint density at radius 1 is 1.46 bits per heavy atom. The first-order chi connectivity index (χ1) is 10.6. The molecule has 2 heterocycles. The largest absolute Gasteiger partial charge is 0.334 e. The highest BCUT2D eigenvalue weighted by Crippen LogP contribution is 2.28. The molecule has 1 aliphatic heterocycles. The second kappa shape index (κ2) is 9.02. The number of halogens is 3. The van der Waals surface area contributed by atoms with E-state index in [0.29, 0.717) is 23.2 Å². The highest BCUT2D eigenvalue weighted by Gasteiger charge is 2.33. The molecular weight excluding hydrogens is 389 g/mol. The van der Waals surface area contributed by atoms with E-state index in [4.69, 9.17) is 17.3 Å². The van der Waals surface area contributed by atoms with Crippen LogP contribution >= 0.6 is 47.8 Å². The Labute approximate surface area is 163 Å². The second-order valence-corrected chi connectivity index (χ2v) is 6.99. The highest BCUT2D eigenvalue weighted by atomic mass is 35.5. The Hall–Kier alpha value is -0.850. The zero-order valence-corrected chi connectivity index (χ0v) is 16.4. The van der Waals surface area contributed by atoms with Gasteiger partial charge in [0.25, 0.3) is 5.91 Å². The quantitative estimate of drug-likeness (QED) is 0.831. The summed E-state index contributed by atoms with van der Waals surface area (Å²) >= 11 is 7.47. The van der Waals surface area contributed by atoms with Gasteiger partial charge in [-0.05, 0) is 37.9 Å². The van der Waals surface area contributed by atoms with E-state index in [9.17, 15) is 4.79 Å². The standard InChI is InChI=1S/C16H18ClN3OS.2ClH/c1-10-5-11(7-18)8-20(10)16(21)14-9-22-15(19-14)12-3-2-4-13(17)6-12;;/h2-4,6,9-11H,5,7-8,18H2,1H3;2*1H. The van der Waals surface area contributed by atoms with Crippen molar-refractivity contribution >= 4 is 53.7 Å². The number of carbonyl (C=O) groups excluding carboxylic acids is 1. The van der Waals surface area contributed by atoms with Gasteiger partial charge in [-0.1, -0.05) is 23.7 Å². The molecule has 0 spiro atoms. The SMILES string of the molecule is CC1CC(CN)CN1C(=O)c1csc(-c2cccc(Cl)c2)n1.Cl.Cl. The molecule has 0 saturated carbocycles. The van der Waals surface area contributed by atoms with Gasteiger partial charge in [-0.15, -0.1) is 36.2 Å². The number of carbonyl (C=O) groups is 1. The van der Waals surface area contributed by atoms with Gasteiger partial charge in [0.05, 0.1) is 0 Å². The topological polar surface area (TPSA) is 59.2 Å². The lowest BCUT2D eigenvalue weighted by Gasteiger charge is -2.20. The van der Waals surface area contributed by atoms with Gasteiger partial charge in [-0.3, -0.25) is 4.79 Å². The molecule has 2 N–H and O–H groups in total. The van der Waals surface area contributed by atoms with E-state index < -0.39 is 0 Å². The normalized spacial score (nSPS) is 19.5. The first-order valence-corrected chi connectivity index (χ1v) is 8.56. The van der Waals surface area contributed by atoms with Crippen molar-refractivity contribution < 1.29 is 4.79 Å². The van der Waals surface area contributed by atoms with Gasteiger partial charge in [0.2, 0.25) is 0 Å². The van der Waals surface area contributed by atoms with Gasteiger partial charge in [0, 0.05) is 28.6 Å². The summed E-state index contributed by atoms with van der Waals surface area (Å²) in [5.74, 6) is 0.387. The number of hydrogen-bond donors (Lipinski definition) is 1. The first-order valence-electron chi connectivity index (χ1n) is 7.31. The Bertz CT molecular complexity index is 695. The average molecular weight is 409 g/mol. The zero-order chi connectivity index (χ0) is 15.7. The Balaban J connectivity index is 0.00000144. The van der Waals surface area contributed by atoms with Crippen molar-refractivity contribution in [2.45, 2.75) is 19.4 Å². The van der Waals surface area contributed by atoms with E-state index in [1.165, 1.54) is 11.3 Å². The van der Waals surface area contributed by atoms with Gasteiger partial charge in [-0.2, -0.15) is 0 Å². The summed E-state index contributed by atoms with van der Waals surface area (Å²) in [4.78, 5) is 19.0. The van der Waals surface area contributed by atoms with E-state index in [1.807, 2.05) is 34.5 Å². The summed E-state index contributed by atoms with van der Waals surface area (Å²) in [5, 5.41) is 3.30. The molecule has 1 fully saturated rings. The summed E-state index contributed by atoms with van der Waals surface area (Å²) in [5.41, 5.74) is 7.17. The number of amides is 1. The van der Waals surface area contributed by atoms with Crippen molar-refractivity contribution in [3.63, 3.8) is 0 Å². The summed E-state index contributed by atoms with van der Waals surface area (Å²) in [6.07, 6.45) is 0.966. The maximum absolute atomic E-state index is 12.6. The molecule has 1 aromatic carbocycles. The molecule has 1 aromatic heterocycles. The van der Waals surface area contributed by atoms with Crippen LogP contribution in [0.5, 0.6) is 0 Å². The van der Waals surface area contributed by atoms with E-state index in [0.717, 1.165) is 23.5 Å². The molecule has 0 bridgehead atoms. The summed E-state index contributed by atoms with van der Waals surface area (Å²) in [6.45, 7) is 3.41. The number of likely N-dealkylation sites (tertiary alicyclic amines) is 1. The fraction of sp³-hybridized carbons (Fsp3) is 0.375. The summed E-state index contributed by atoms with van der Waals surface area (Å²) < 4.78 is 0. The van der Waals surface area contributed by atoms with Crippen molar-refractivity contribution in [2.75, 3.05) is 13.1 Å². The van der Waals surface area contributed by atoms with E-state index in [-0.39, 0.29) is 36.8 Å². The van der Waals surface area contributed by atoms with Crippen LogP contribution in [0.2, 0.25) is 5.02 Å². The average Bonchev–Trinajstić information content (AvgIpc) is 3.13. The number of rotatable bonds is 3. The fourth-order valence-corrected chi connectivity index (χ4v) is 3.85. The molecule has 1 saturated heterocycles. The summed E-state index contributed by atoms with van der Waals surface area (Å²) in [7, 11) is 0. The molecule has 8 heteroatoms. The number of aromatic nitrogens is 1. The molecule has 2 aromatic rings. The third-order valence-corrected chi connectivity index (χ3v) is 5.18. The van der Waals surface area contributed by atoms with E-state index in [2.05, 4.69) is 11.9 Å². The third kappa shape index (κ3) is 4.41. The van der Waals surface area contributed by atoms with Gasteiger partial charge in [0.15, 0.2) is 0 Å². The maximum Gasteiger partial charge on any atom is 0.273 e. The second-order valence-electron chi connectivity index (χ2n) is 5.69. The first kappa shape index (κ1) is 21.2. The smallest absolute Gasteiger partial charge is 0.273 e. The lowest BCUT2D eigenvalue weighted by molar-refractivity contribution is 0.0738. The number of thiazole rings is 1. The number of nitrogens with zero attached hydrogens (tertiary/aromatic N) is 2. The van der Waals surface area contributed by atoms with Crippen molar-refractivity contribution in [1.82, 2.24) is 9.88 Å². The number of hydrogen-bond acceptors (Lipinski definition) is 4. The lowest BCUT2D eigenvalue weighted by atomic mass is 10.1. The number of nitrogens with two attached hydrogens (primary N) is 1. The Morgan fingerprint density at radius 2 is 2.21 bits per heavy atom. The van der Waals surface area contributed by atoms with Crippen molar-refractivity contribution in [3.05, 3.63) is 40.4 Å². The van der Waals surface area contributed by atoms with Crippen molar-refractivity contribution in [2.24, 2.45) is 11.7 Å². The number of benzene rings is 1. The molecule has 2 unspecified atom stereocenters. The molecule has 0 radical (unpaired) electrons. The minimum absolute atomic E-state index is 0. The highest BCUT2D eigenvalue weighted by molar-refractivity contribution is 7.13. The van der Waals surface area contributed by atoms with Gasteiger partial charge in [0.1, 0.15) is 10.7 Å². The lowest BCUT2D eigenvalue weighted by Crippen LogP contribution is -2.34. The monoisotopic (exact) mass is 407 g/mol. The van der Waals surface area contributed by atoms with E-state index in [1.54, 1.807) is 0 Å². The third-order valence-electron chi connectivity index (χ3n) is 4.05. The van der Waals surface area contributed by atoms with Crippen LogP contribution in [-0.2, 0) is 0 Å². The predicted molar refractivity (Wildman–Crippen MR) is 105 cm³/mol. The van der Waals surface area contributed by atoms with Crippen LogP contribution in [0.15, 0.2) is 29.6 Å². The molecule has 0 aliphatic carbocycles. The van der Waals surface area contributed by atoms with Crippen LogP contribution < -0.4 is 5.73 Å². The molecule has 2 atom stereocenters. The minimum atomic E-state index is -0.00650. The summed E-state index contributed by atoms with van der Waals surface area (Å²) in [6, 6.07) is 7.73. The maximum atomic E-state index is 12.6. The molecule has 24 heavy (non-hydrogen) atoms. The Kier molecular flexibility index (Phi) is 7.96. The van der Waals surface area contributed by atoms with Gasteiger partial charge in [-0.25, -0.2) is 4.98 Å². The molecule has 1 amide bonds. The minimum Gasteiger partial charge on any atom is -0.334 e. The molecule has 1 aliphatic rings. The van der Waals surface area contributed by atoms with Crippen LogP contribution in [0.4, 0.5) is 0 Å². The molecule has 3 rings (SSSR count). The predicted octanol–water partition coefficient (Wildman–Crippen LogP) is 4.12. The molecule has 4 nitrogen and oxygen atoms in total. The molecular formula is C16H20Cl3N3OS. The van der Waals surface area contributed by atoms with Crippen LogP contribution in [-0.4, -0.2) is 34.9 Å². The zero-order valence-electron chi connectivity index (χ0n) is 13.1. The fourth-order valence-electron chi connectivity index (χ4n) is 2.87. The van der Waals surface area contributed by atoms with Crippen molar-refractivity contribution in [3.8, 4) is 10.6 Å². The van der Waals surface area contributed by atoms with Crippen LogP contribution in [0.3, 0.4) is 0 Å². The van der Waals surface area contributed by atoms with Crippen molar-refractivity contribution in [1.29, 1.82) is 0 Å². The van der Waals surface area contributed by atoms with E-state index >= 15 is 0 Å². The van der Waals surface area contributed by atoms with Crippen LogP contribution in [0, 0.1) is 5.92 Å².